The highest BCUT2D eigenvalue weighted by Crippen LogP contribution is 2.36. The first-order valence-corrected chi connectivity index (χ1v) is 11.1. The third-order valence-electron chi connectivity index (χ3n) is 6.09. The largest absolute Gasteiger partial charge is 0.495 e. The van der Waals surface area contributed by atoms with Gasteiger partial charge in [0.15, 0.2) is 0 Å². The number of benzene rings is 3. The summed E-state index contributed by atoms with van der Waals surface area (Å²) in [5, 5.41) is 3.18. The average Bonchev–Trinajstić information content (AvgIpc) is 3.47. The fraction of sp³-hybridized carbons (Fsp3) is 0.185. The van der Waals surface area contributed by atoms with Crippen molar-refractivity contribution in [3.63, 3.8) is 0 Å². The molecule has 0 spiro atoms. The number of para-hydroxylation sites is 2. The lowest BCUT2D eigenvalue weighted by atomic mass is 10.0. The van der Waals surface area contributed by atoms with E-state index in [9.17, 15) is 9.59 Å². The van der Waals surface area contributed by atoms with Gasteiger partial charge in [0, 0.05) is 18.8 Å². The van der Waals surface area contributed by atoms with Crippen molar-refractivity contribution in [2.24, 2.45) is 0 Å². The van der Waals surface area contributed by atoms with Gasteiger partial charge in [-0.15, -0.1) is 0 Å². The van der Waals surface area contributed by atoms with Gasteiger partial charge in [-0.1, -0.05) is 42.5 Å². The first-order valence-electron chi connectivity index (χ1n) is 11.1. The molecule has 1 saturated heterocycles. The van der Waals surface area contributed by atoms with Crippen LogP contribution in [0.15, 0.2) is 84.6 Å². The minimum absolute atomic E-state index is 0.235. The lowest BCUT2D eigenvalue weighted by Gasteiger charge is -2.20. The summed E-state index contributed by atoms with van der Waals surface area (Å²) in [5.41, 5.74) is 3.55. The van der Waals surface area contributed by atoms with Gasteiger partial charge in [-0.2, -0.15) is 0 Å². The molecule has 2 amide bonds. The number of ether oxygens (including phenoxy) is 1. The normalized spacial score (nSPS) is 16.0. The molecule has 3 aromatic carbocycles. The fourth-order valence-electron chi connectivity index (χ4n) is 4.42. The van der Waals surface area contributed by atoms with Crippen LogP contribution in [-0.4, -0.2) is 32.0 Å². The number of nitrogens with zero attached hydrogens (tertiary/aromatic N) is 2. The van der Waals surface area contributed by atoms with Crippen LogP contribution in [0.3, 0.4) is 0 Å². The summed E-state index contributed by atoms with van der Waals surface area (Å²) in [6, 6.07) is 24.3. The Labute approximate surface area is 193 Å². The summed E-state index contributed by atoms with van der Waals surface area (Å²) in [7, 11) is 1.57. The number of imide groups is 1. The molecule has 1 fully saturated rings. The third kappa shape index (κ3) is 3.84. The van der Waals surface area contributed by atoms with E-state index in [1.54, 1.807) is 13.2 Å². The maximum Gasteiger partial charge on any atom is 0.282 e. The first-order chi connectivity index (χ1) is 16.2. The van der Waals surface area contributed by atoms with Gasteiger partial charge in [0.25, 0.3) is 11.8 Å². The number of nitrogens with one attached hydrogen (secondary N) is 1. The standard InChI is InChI=1S/C27H25N3O3/c1-33-23-12-6-5-11-22(23)28-25-24(19-9-3-2-4-10-19)26(31)30(27(25)32)21-15-13-20(14-16-21)29-17-7-8-18-29/h2-6,9-16,28H,7-8,17-18H2,1H3. The predicted molar refractivity (Wildman–Crippen MR) is 130 cm³/mol. The molecule has 0 aromatic heterocycles. The highest BCUT2D eigenvalue weighted by Gasteiger charge is 2.40. The monoisotopic (exact) mass is 439 g/mol. The van der Waals surface area contributed by atoms with Crippen molar-refractivity contribution >= 4 is 34.4 Å². The molecule has 6 nitrogen and oxygen atoms in total. The zero-order valence-corrected chi connectivity index (χ0v) is 18.5. The summed E-state index contributed by atoms with van der Waals surface area (Å²) in [6.45, 7) is 2.07. The minimum Gasteiger partial charge on any atom is -0.495 e. The van der Waals surface area contributed by atoms with E-state index in [1.807, 2.05) is 72.8 Å². The number of methoxy groups -OCH3 is 1. The molecule has 0 atom stereocenters. The van der Waals surface area contributed by atoms with E-state index in [2.05, 4.69) is 10.2 Å². The number of hydrogen-bond acceptors (Lipinski definition) is 5. The van der Waals surface area contributed by atoms with Gasteiger partial charge in [-0.25, -0.2) is 4.90 Å². The van der Waals surface area contributed by atoms with E-state index in [0.717, 1.165) is 18.8 Å². The van der Waals surface area contributed by atoms with Crippen molar-refractivity contribution in [2.75, 3.05) is 35.3 Å². The summed E-state index contributed by atoms with van der Waals surface area (Å²) >= 11 is 0. The Bertz CT molecular complexity index is 1210. The predicted octanol–water partition coefficient (Wildman–Crippen LogP) is 4.69. The molecular weight excluding hydrogens is 414 g/mol. The lowest BCUT2D eigenvalue weighted by Crippen LogP contribution is -2.32. The molecular formula is C27H25N3O3. The fourth-order valence-corrected chi connectivity index (χ4v) is 4.42. The first kappa shape index (κ1) is 20.8. The summed E-state index contributed by atoms with van der Waals surface area (Å²) in [6.07, 6.45) is 2.38. The second-order valence-corrected chi connectivity index (χ2v) is 8.10. The van der Waals surface area contributed by atoms with Crippen molar-refractivity contribution < 1.29 is 14.3 Å². The maximum atomic E-state index is 13.6. The van der Waals surface area contributed by atoms with E-state index >= 15 is 0 Å². The smallest absolute Gasteiger partial charge is 0.282 e. The molecule has 0 aliphatic carbocycles. The summed E-state index contributed by atoms with van der Waals surface area (Å²) in [4.78, 5) is 30.7. The van der Waals surface area contributed by atoms with Crippen LogP contribution in [0.4, 0.5) is 17.1 Å². The van der Waals surface area contributed by atoms with Crippen molar-refractivity contribution in [1.29, 1.82) is 0 Å². The second kappa shape index (κ2) is 8.82. The number of carbonyl (C=O) groups excluding carboxylic acids is 2. The Kier molecular flexibility index (Phi) is 5.57. The van der Waals surface area contributed by atoms with E-state index in [-0.39, 0.29) is 11.6 Å². The second-order valence-electron chi connectivity index (χ2n) is 8.10. The number of anilines is 3. The van der Waals surface area contributed by atoms with Crippen molar-refractivity contribution in [3.8, 4) is 5.75 Å². The highest BCUT2D eigenvalue weighted by atomic mass is 16.5. The molecule has 0 bridgehead atoms. The van der Waals surface area contributed by atoms with E-state index in [1.165, 1.54) is 17.7 Å². The molecule has 0 saturated carbocycles. The lowest BCUT2D eigenvalue weighted by molar-refractivity contribution is -0.120. The van der Waals surface area contributed by atoms with Crippen LogP contribution in [0, 0.1) is 0 Å². The molecule has 2 aliphatic rings. The van der Waals surface area contributed by atoms with Gasteiger partial charge >= 0.3 is 0 Å². The van der Waals surface area contributed by atoms with Crippen LogP contribution < -0.4 is 19.9 Å². The maximum absolute atomic E-state index is 13.6. The zero-order valence-electron chi connectivity index (χ0n) is 18.5. The van der Waals surface area contributed by atoms with E-state index in [4.69, 9.17) is 4.74 Å². The Hall–Kier alpha value is -4.06. The molecule has 2 aliphatic heterocycles. The van der Waals surface area contributed by atoms with Gasteiger partial charge in [-0.05, 0) is 54.8 Å². The third-order valence-corrected chi connectivity index (χ3v) is 6.09. The molecule has 5 rings (SSSR count). The van der Waals surface area contributed by atoms with Gasteiger partial charge in [-0.3, -0.25) is 9.59 Å². The Morgan fingerprint density at radius 3 is 2.09 bits per heavy atom. The molecule has 33 heavy (non-hydrogen) atoms. The quantitative estimate of drug-likeness (QED) is 0.565. The van der Waals surface area contributed by atoms with Crippen LogP contribution in [0.1, 0.15) is 18.4 Å². The zero-order chi connectivity index (χ0) is 22.8. The topological polar surface area (TPSA) is 61.9 Å². The SMILES string of the molecule is COc1ccccc1NC1=C(c2ccccc2)C(=O)N(c2ccc(N3CCCC3)cc2)C1=O. The van der Waals surface area contributed by atoms with Crippen LogP contribution >= 0.6 is 0 Å². The average molecular weight is 440 g/mol. The van der Waals surface area contributed by atoms with E-state index in [0.29, 0.717) is 28.3 Å². The summed E-state index contributed by atoms with van der Waals surface area (Å²) in [5.74, 6) is -0.151. The minimum atomic E-state index is -0.390. The molecule has 0 unspecified atom stereocenters. The molecule has 3 aromatic rings. The Morgan fingerprint density at radius 1 is 0.758 bits per heavy atom. The van der Waals surface area contributed by atoms with Crippen LogP contribution in [0.25, 0.3) is 5.57 Å². The van der Waals surface area contributed by atoms with Crippen LogP contribution in [-0.2, 0) is 9.59 Å². The Morgan fingerprint density at radius 2 is 1.39 bits per heavy atom. The van der Waals surface area contributed by atoms with Gasteiger partial charge in [0.05, 0.1) is 24.1 Å². The number of hydrogen-bond donors (Lipinski definition) is 1. The number of carbonyl (C=O) groups is 2. The molecule has 0 radical (unpaired) electrons. The Balaban J connectivity index is 1.53. The summed E-state index contributed by atoms with van der Waals surface area (Å²) < 4.78 is 5.43. The number of amides is 2. The van der Waals surface area contributed by atoms with Gasteiger partial charge in [0.1, 0.15) is 11.4 Å². The van der Waals surface area contributed by atoms with Crippen molar-refractivity contribution in [2.45, 2.75) is 12.8 Å². The van der Waals surface area contributed by atoms with Gasteiger partial charge < -0.3 is 15.0 Å². The highest BCUT2D eigenvalue weighted by molar-refractivity contribution is 6.46. The molecule has 166 valence electrons. The van der Waals surface area contributed by atoms with E-state index < -0.39 is 5.91 Å². The van der Waals surface area contributed by atoms with Crippen molar-refractivity contribution in [1.82, 2.24) is 0 Å². The van der Waals surface area contributed by atoms with Crippen molar-refractivity contribution in [3.05, 3.63) is 90.1 Å². The molecule has 6 heteroatoms. The molecule has 2 heterocycles. The number of rotatable bonds is 6. The van der Waals surface area contributed by atoms with Crippen LogP contribution in [0.5, 0.6) is 5.75 Å². The van der Waals surface area contributed by atoms with Gasteiger partial charge in [0.2, 0.25) is 0 Å². The molecule has 1 N–H and O–H groups in total. The van der Waals surface area contributed by atoms with Crippen LogP contribution in [0.2, 0.25) is 0 Å².